The maximum atomic E-state index is 12.4. The molecule has 1 aliphatic heterocycles. The molecule has 1 saturated heterocycles. The number of hydrogen-bond donors (Lipinski definition) is 0. The summed E-state index contributed by atoms with van der Waals surface area (Å²) in [7, 11) is 0. The Morgan fingerprint density at radius 1 is 1.00 bits per heavy atom. The monoisotopic (exact) mass is 352 g/mol. The van der Waals surface area contributed by atoms with Gasteiger partial charge in [0.2, 0.25) is 0 Å². The molecule has 1 heterocycles. The van der Waals surface area contributed by atoms with Crippen molar-refractivity contribution in [3.05, 3.63) is 71.8 Å². The molecule has 3 rings (SSSR count). The van der Waals surface area contributed by atoms with Crippen LogP contribution in [0, 0.1) is 5.41 Å². The van der Waals surface area contributed by atoms with Crippen LogP contribution < -0.4 is 0 Å². The lowest BCUT2D eigenvalue weighted by atomic mass is 9.83. The highest BCUT2D eigenvalue weighted by Crippen LogP contribution is 2.34. The van der Waals surface area contributed by atoms with Crippen molar-refractivity contribution in [1.82, 2.24) is 0 Å². The van der Waals surface area contributed by atoms with Gasteiger partial charge in [-0.1, -0.05) is 74.5 Å². The second-order valence-corrected chi connectivity index (χ2v) is 7.71. The van der Waals surface area contributed by atoms with E-state index >= 15 is 0 Å². The fourth-order valence-corrected chi connectivity index (χ4v) is 3.38. The minimum absolute atomic E-state index is 0.0321. The number of benzene rings is 2. The zero-order valence-electron chi connectivity index (χ0n) is 15.7. The highest BCUT2D eigenvalue weighted by atomic mass is 16.7. The summed E-state index contributed by atoms with van der Waals surface area (Å²) >= 11 is 0. The Morgan fingerprint density at radius 2 is 1.65 bits per heavy atom. The third-order valence-corrected chi connectivity index (χ3v) is 5.07. The molecule has 138 valence electrons. The van der Waals surface area contributed by atoms with Gasteiger partial charge in [-0.3, -0.25) is 4.79 Å². The summed E-state index contributed by atoms with van der Waals surface area (Å²) in [5, 5.41) is 0. The summed E-state index contributed by atoms with van der Waals surface area (Å²) in [4.78, 5) is 12.4. The Hall–Kier alpha value is -1.97. The number of carbonyl (C=O) groups excluding carboxylic acids is 1. The number of hydrogen-bond acceptors (Lipinski definition) is 3. The Bertz CT molecular complexity index is 694. The van der Waals surface area contributed by atoms with Gasteiger partial charge in [0.25, 0.3) is 0 Å². The van der Waals surface area contributed by atoms with Gasteiger partial charge in [0, 0.05) is 23.8 Å². The molecule has 0 saturated carbocycles. The molecule has 1 fully saturated rings. The third kappa shape index (κ3) is 5.03. The minimum atomic E-state index is -0.194. The fourth-order valence-electron chi connectivity index (χ4n) is 3.38. The van der Waals surface area contributed by atoms with E-state index in [9.17, 15) is 4.79 Å². The topological polar surface area (TPSA) is 35.5 Å². The van der Waals surface area contributed by atoms with E-state index < -0.39 is 0 Å². The standard InChI is InChI=1S/C23H28O3/c1-23(2)17-25-22(16-13-18-9-5-3-6-10-18)26-21(23)15-14-20(24)19-11-7-4-8-12-19/h3-12,21-22H,13-17H2,1-2H3. The quantitative estimate of drug-likeness (QED) is 0.654. The van der Waals surface area contributed by atoms with E-state index in [4.69, 9.17) is 9.47 Å². The third-order valence-electron chi connectivity index (χ3n) is 5.07. The smallest absolute Gasteiger partial charge is 0.162 e. The van der Waals surface area contributed by atoms with Crippen molar-refractivity contribution in [2.75, 3.05) is 6.61 Å². The molecule has 2 atom stereocenters. The normalized spacial score (nSPS) is 22.1. The molecular formula is C23H28O3. The molecule has 0 N–H and O–H groups in total. The van der Waals surface area contributed by atoms with Gasteiger partial charge >= 0.3 is 0 Å². The Labute approximate surface area is 156 Å². The van der Waals surface area contributed by atoms with E-state index in [0.717, 1.165) is 24.8 Å². The predicted octanol–water partition coefficient (Wildman–Crippen LogP) is 5.05. The van der Waals surface area contributed by atoms with Crippen molar-refractivity contribution in [3.63, 3.8) is 0 Å². The molecule has 0 aromatic heterocycles. The van der Waals surface area contributed by atoms with E-state index in [1.54, 1.807) is 0 Å². The summed E-state index contributed by atoms with van der Waals surface area (Å²) in [5.41, 5.74) is 1.98. The molecule has 0 spiro atoms. The summed E-state index contributed by atoms with van der Waals surface area (Å²) in [6.07, 6.45) is 2.84. The Kier molecular flexibility index (Phi) is 6.23. The molecule has 2 unspecified atom stereocenters. The van der Waals surface area contributed by atoms with Crippen LogP contribution in [-0.2, 0) is 15.9 Å². The van der Waals surface area contributed by atoms with Crippen molar-refractivity contribution in [3.8, 4) is 0 Å². The van der Waals surface area contributed by atoms with Crippen LogP contribution in [0.2, 0.25) is 0 Å². The molecule has 3 heteroatoms. The zero-order chi connectivity index (χ0) is 18.4. The van der Waals surface area contributed by atoms with Gasteiger partial charge in [-0.15, -0.1) is 0 Å². The first-order valence-corrected chi connectivity index (χ1v) is 9.44. The van der Waals surface area contributed by atoms with Crippen molar-refractivity contribution in [1.29, 1.82) is 0 Å². The van der Waals surface area contributed by atoms with Gasteiger partial charge < -0.3 is 9.47 Å². The average molecular weight is 352 g/mol. The van der Waals surface area contributed by atoms with Gasteiger partial charge in [0.05, 0.1) is 12.7 Å². The molecule has 26 heavy (non-hydrogen) atoms. The first-order chi connectivity index (χ1) is 12.5. The molecule has 0 bridgehead atoms. The Morgan fingerprint density at radius 3 is 2.35 bits per heavy atom. The van der Waals surface area contributed by atoms with Crippen LogP contribution in [-0.4, -0.2) is 24.8 Å². The highest BCUT2D eigenvalue weighted by molar-refractivity contribution is 5.95. The SMILES string of the molecule is CC1(C)COC(CCc2ccccc2)OC1CCC(=O)c1ccccc1. The van der Waals surface area contributed by atoms with E-state index in [0.29, 0.717) is 13.0 Å². The van der Waals surface area contributed by atoms with Crippen LogP contribution in [0.4, 0.5) is 0 Å². The number of aryl methyl sites for hydroxylation is 1. The van der Waals surface area contributed by atoms with Gasteiger partial charge in [-0.05, 0) is 18.4 Å². The average Bonchev–Trinajstić information content (AvgIpc) is 2.67. The number of ether oxygens (including phenoxy) is 2. The highest BCUT2D eigenvalue weighted by Gasteiger charge is 2.38. The van der Waals surface area contributed by atoms with Crippen LogP contribution in [0.25, 0.3) is 0 Å². The van der Waals surface area contributed by atoms with Crippen LogP contribution in [0.3, 0.4) is 0 Å². The van der Waals surface area contributed by atoms with Gasteiger partial charge in [0.15, 0.2) is 12.1 Å². The predicted molar refractivity (Wildman–Crippen MR) is 103 cm³/mol. The summed E-state index contributed by atoms with van der Waals surface area (Å²) < 4.78 is 12.2. The van der Waals surface area contributed by atoms with Crippen molar-refractivity contribution < 1.29 is 14.3 Å². The lowest BCUT2D eigenvalue weighted by Crippen LogP contribution is -2.46. The molecule has 3 nitrogen and oxygen atoms in total. The Balaban J connectivity index is 1.53. The van der Waals surface area contributed by atoms with Crippen molar-refractivity contribution >= 4 is 5.78 Å². The summed E-state index contributed by atoms with van der Waals surface area (Å²) in [6.45, 7) is 4.97. The molecule has 0 aliphatic carbocycles. The van der Waals surface area contributed by atoms with Crippen molar-refractivity contribution in [2.24, 2.45) is 5.41 Å². The molecule has 0 radical (unpaired) electrons. The number of ketones is 1. The van der Waals surface area contributed by atoms with Crippen LogP contribution in [0.5, 0.6) is 0 Å². The lowest BCUT2D eigenvalue weighted by Gasteiger charge is -2.42. The number of Topliss-reactive ketones (excluding diaryl/α,β-unsaturated/α-hetero) is 1. The van der Waals surface area contributed by atoms with E-state index in [1.807, 2.05) is 36.4 Å². The number of rotatable bonds is 7. The molecule has 1 aliphatic rings. The van der Waals surface area contributed by atoms with Crippen LogP contribution >= 0.6 is 0 Å². The fraction of sp³-hybridized carbons (Fsp3) is 0.435. The lowest BCUT2D eigenvalue weighted by molar-refractivity contribution is -0.262. The second-order valence-electron chi connectivity index (χ2n) is 7.71. The molecule has 2 aromatic carbocycles. The van der Waals surface area contributed by atoms with Crippen molar-refractivity contribution in [2.45, 2.75) is 51.9 Å². The maximum Gasteiger partial charge on any atom is 0.162 e. The first-order valence-electron chi connectivity index (χ1n) is 9.44. The molecule has 0 amide bonds. The summed E-state index contributed by atoms with van der Waals surface area (Å²) in [6, 6.07) is 19.9. The molecular weight excluding hydrogens is 324 g/mol. The van der Waals surface area contributed by atoms with E-state index in [2.05, 4.69) is 38.1 Å². The van der Waals surface area contributed by atoms with E-state index in [-0.39, 0.29) is 23.6 Å². The second kappa shape index (κ2) is 8.61. The van der Waals surface area contributed by atoms with Gasteiger partial charge in [-0.25, -0.2) is 0 Å². The zero-order valence-corrected chi connectivity index (χ0v) is 15.7. The number of carbonyl (C=O) groups is 1. The largest absolute Gasteiger partial charge is 0.352 e. The molecule has 2 aromatic rings. The first kappa shape index (κ1) is 18.8. The van der Waals surface area contributed by atoms with Crippen LogP contribution in [0.1, 0.15) is 49.0 Å². The minimum Gasteiger partial charge on any atom is -0.352 e. The van der Waals surface area contributed by atoms with Gasteiger partial charge in [0.1, 0.15) is 0 Å². The summed E-state index contributed by atoms with van der Waals surface area (Å²) in [5.74, 6) is 0.178. The van der Waals surface area contributed by atoms with Gasteiger partial charge in [-0.2, -0.15) is 0 Å². The maximum absolute atomic E-state index is 12.4. The van der Waals surface area contributed by atoms with E-state index in [1.165, 1.54) is 5.56 Å². The van der Waals surface area contributed by atoms with Crippen LogP contribution in [0.15, 0.2) is 60.7 Å².